The summed E-state index contributed by atoms with van der Waals surface area (Å²) in [5.74, 6) is -0.912. The molecule has 0 aliphatic carbocycles. The van der Waals surface area contributed by atoms with Gasteiger partial charge in [0.15, 0.2) is 0 Å². The van der Waals surface area contributed by atoms with E-state index in [4.69, 9.17) is 5.11 Å². The van der Waals surface area contributed by atoms with E-state index in [-0.39, 0.29) is 5.75 Å². The quantitative estimate of drug-likeness (QED) is 0.455. The second-order valence-electron chi connectivity index (χ2n) is 2.19. The Balaban J connectivity index is 3.37. The lowest BCUT2D eigenvalue weighted by Gasteiger charge is -1.98. The summed E-state index contributed by atoms with van der Waals surface area (Å²) < 4.78 is 0.338. The van der Waals surface area contributed by atoms with Crippen molar-refractivity contribution in [3.63, 3.8) is 0 Å². The molecule has 0 unspecified atom stereocenters. The topological polar surface area (TPSA) is 76.3 Å². The number of nitrogens with zero attached hydrogens (tertiary/aromatic N) is 2. The molecule has 0 saturated heterocycles. The number of aryl methyl sites for hydroxylation is 1. The van der Waals surface area contributed by atoms with E-state index in [0.29, 0.717) is 10.2 Å². The van der Waals surface area contributed by atoms with Crippen molar-refractivity contribution in [3.05, 3.63) is 26.3 Å². The van der Waals surface area contributed by atoms with Gasteiger partial charge >= 0.3 is 5.82 Å². The Bertz CT molecular complexity index is 340. The molecule has 0 bridgehead atoms. The molecule has 1 aromatic rings. The van der Waals surface area contributed by atoms with E-state index in [1.807, 2.05) is 0 Å². The summed E-state index contributed by atoms with van der Waals surface area (Å²) in [4.78, 5) is 13.1. The van der Waals surface area contributed by atoms with E-state index < -0.39 is 10.7 Å². The van der Waals surface area contributed by atoms with Crippen LogP contribution in [0.5, 0.6) is 5.75 Å². The largest absolute Gasteiger partial charge is 0.501 e. The molecule has 1 rings (SSSR count). The average molecular weight is 233 g/mol. The van der Waals surface area contributed by atoms with Crippen LogP contribution in [-0.2, 0) is 0 Å². The predicted octanol–water partition coefficient (Wildman–Crippen LogP) is 1.77. The van der Waals surface area contributed by atoms with Crippen LogP contribution in [0.15, 0.2) is 10.7 Å². The van der Waals surface area contributed by atoms with Gasteiger partial charge in [0.1, 0.15) is 0 Å². The molecule has 0 fully saturated rings. The lowest BCUT2D eigenvalue weighted by molar-refractivity contribution is -0.390. The fourth-order valence-corrected chi connectivity index (χ4v) is 1.25. The lowest BCUT2D eigenvalue weighted by Crippen LogP contribution is -1.94. The van der Waals surface area contributed by atoms with E-state index in [2.05, 4.69) is 20.9 Å². The van der Waals surface area contributed by atoms with Crippen molar-refractivity contribution in [3.8, 4) is 5.75 Å². The number of aromatic hydroxyl groups is 1. The summed E-state index contributed by atoms with van der Waals surface area (Å²) in [5, 5.41) is 19.5. The zero-order chi connectivity index (χ0) is 9.30. The van der Waals surface area contributed by atoms with Crippen molar-refractivity contribution in [2.45, 2.75) is 6.92 Å². The molecule has 0 spiro atoms. The van der Waals surface area contributed by atoms with Crippen molar-refractivity contribution in [2.75, 3.05) is 0 Å². The van der Waals surface area contributed by atoms with Gasteiger partial charge in [-0.15, -0.1) is 0 Å². The van der Waals surface area contributed by atoms with Gasteiger partial charge in [-0.25, -0.2) is 0 Å². The molecule has 0 radical (unpaired) electrons. The standard InChI is InChI=1S/C6H5BrN2O3/c1-3-2-4(7)8-6(5(3)10)9(11)12/h2,10H,1H3. The number of halogens is 1. The number of nitro groups is 1. The Morgan fingerprint density at radius 2 is 2.33 bits per heavy atom. The zero-order valence-electron chi connectivity index (χ0n) is 6.11. The maximum atomic E-state index is 10.3. The van der Waals surface area contributed by atoms with Crippen LogP contribution in [0.2, 0.25) is 0 Å². The number of aromatic nitrogens is 1. The number of hydrogen-bond donors (Lipinski definition) is 1. The minimum atomic E-state index is -0.729. The SMILES string of the molecule is Cc1cc(Br)nc([N+](=O)[O-])c1O. The zero-order valence-corrected chi connectivity index (χ0v) is 7.70. The van der Waals surface area contributed by atoms with E-state index in [0.717, 1.165) is 0 Å². The van der Waals surface area contributed by atoms with Gasteiger partial charge in [-0.1, -0.05) is 0 Å². The molecular formula is C6H5BrN2O3. The highest BCUT2D eigenvalue weighted by Crippen LogP contribution is 2.28. The summed E-state index contributed by atoms with van der Waals surface area (Å²) in [5.41, 5.74) is 0.420. The molecule has 1 aromatic heterocycles. The first-order valence-electron chi connectivity index (χ1n) is 3.03. The number of pyridine rings is 1. The van der Waals surface area contributed by atoms with Gasteiger partial charge in [0.05, 0.1) is 0 Å². The second-order valence-corrected chi connectivity index (χ2v) is 3.00. The highest BCUT2D eigenvalue weighted by Gasteiger charge is 2.18. The molecule has 64 valence electrons. The van der Waals surface area contributed by atoms with Crippen molar-refractivity contribution < 1.29 is 10.0 Å². The summed E-state index contributed by atoms with van der Waals surface area (Å²) in [6.45, 7) is 1.56. The smallest absolute Gasteiger partial charge is 0.407 e. The van der Waals surface area contributed by atoms with Gasteiger partial charge in [-0.05, 0) is 16.8 Å². The maximum Gasteiger partial charge on any atom is 0.407 e. The Labute approximate surface area is 76.3 Å². The summed E-state index contributed by atoms with van der Waals surface area (Å²) in [6, 6.07) is 1.50. The first kappa shape index (κ1) is 8.92. The highest BCUT2D eigenvalue weighted by atomic mass is 79.9. The van der Waals surface area contributed by atoms with Gasteiger partial charge in [0.25, 0.3) is 0 Å². The van der Waals surface area contributed by atoms with Crippen LogP contribution in [0, 0.1) is 17.0 Å². The Hall–Kier alpha value is -1.17. The third kappa shape index (κ3) is 1.53. The molecule has 0 aliphatic rings. The van der Waals surface area contributed by atoms with E-state index in [1.54, 1.807) is 6.92 Å². The average Bonchev–Trinajstić information content (AvgIpc) is 1.96. The maximum absolute atomic E-state index is 10.3. The molecule has 1 heterocycles. The van der Waals surface area contributed by atoms with Crippen molar-refractivity contribution in [1.29, 1.82) is 0 Å². The van der Waals surface area contributed by atoms with E-state index in [9.17, 15) is 10.1 Å². The Morgan fingerprint density at radius 1 is 1.75 bits per heavy atom. The summed E-state index contributed by atoms with van der Waals surface area (Å²) in [7, 11) is 0. The minimum absolute atomic E-state index is 0.338. The van der Waals surface area contributed by atoms with Crippen LogP contribution in [-0.4, -0.2) is 15.0 Å². The van der Waals surface area contributed by atoms with Crippen LogP contribution >= 0.6 is 15.9 Å². The third-order valence-corrected chi connectivity index (χ3v) is 1.71. The minimum Gasteiger partial charge on any atom is -0.501 e. The van der Waals surface area contributed by atoms with E-state index in [1.165, 1.54) is 6.07 Å². The fourth-order valence-electron chi connectivity index (χ4n) is 0.737. The van der Waals surface area contributed by atoms with Crippen LogP contribution in [0.1, 0.15) is 5.56 Å². The first-order chi connectivity index (χ1) is 5.52. The number of hydrogen-bond acceptors (Lipinski definition) is 4. The van der Waals surface area contributed by atoms with Gasteiger partial charge in [-0.2, -0.15) is 0 Å². The van der Waals surface area contributed by atoms with E-state index >= 15 is 0 Å². The molecule has 0 saturated carbocycles. The molecule has 0 aromatic carbocycles. The van der Waals surface area contributed by atoms with Gasteiger partial charge in [0, 0.05) is 27.6 Å². The predicted molar refractivity (Wildman–Crippen MR) is 45.0 cm³/mol. The summed E-state index contributed by atoms with van der Waals surface area (Å²) in [6.07, 6.45) is 0. The van der Waals surface area contributed by atoms with Gasteiger partial charge in [-0.3, -0.25) is 0 Å². The molecule has 0 amide bonds. The molecule has 12 heavy (non-hydrogen) atoms. The normalized spacial score (nSPS) is 9.83. The Kier molecular flexibility index (Phi) is 2.27. The van der Waals surface area contributed by atoms with Crippen LogP contribution in [0.4, 0.5) is 5.82 Å². The van der Waals surface area contributed by atoms with Crippen LogP contribution in [0.3, 0.4) is 0 Å². The highest BCUT2D eigenvalue weighted by molar-refractivity contribution is 9.10. The third-order valence-electron chi connectivity index (χ3n) is 1.31. The molecule has 0 atom stereocenters. The molecule has 6 heteroatoms. The monoisotopic (exact) mass is 232 g/mol. The number of rotatable bonds is 1. The second kappa shape index (κ2) is 3.06. The molecular weight excluding hydrogens is 228 g/mol. The van der Waals surface area contributed by atoms with Crippen LogP contribution < -0.4 is 0 Å². The van der Waals surface area contributed by atoms with Crippen LogP contribution in [0.25, 0.3) is 0 Å². The summed E-state index contributed by atoms with van der Waals surface area (Å²) >= 11 is 2.99. The Morgan fingerprint density at radius 3 is 2.83 bits per heavy atom. The van der Waals surface area contributed by atoms with Crippen molar-refractivity contribution >= 4 is 21.7 Å². The first-order valence-corrected chi connectivity index (χ1v) is 3.82. The lowest BCUT2D eigenvalue weighted by atomic mass is 10.3. The molecule has 1 N–H and O–H groups in total. The van der Waals surface area contributed by atoms with Crippen molar-refractivity contribution in [1.82, 2.24) is 4.98 Å². The fraction of sp³-hybridized carbons (Fsp3) is 0.167. The molecule has 0 aliphatic heterocycles. The van der Waals surface area contributed by atoms with Gasteiger partial charge < -0.3 is 15.2 Å². The molecule has 5 nitrogen and oxygen atoms in total. The van der Waals surface area contributed by atoms with Crippen molar-refractivity contribution in [2.24, 2.45) is 0 Å². The van der Waals surface area contributed by atoms with Gasteiger partial charge in [0.2, 0.25) is 10.4 Å².